The Morgan fingerprint density at radius 2 is 2.10 bits per heavy atom. The molecule has 0 N–H and O–H groups in total. The van der Waals surface area contributed by atoms with Crippen LogP contribution in [0.25, 0.3) is 0 Å². The zero-order valence-corrected chi connectivity index (χ0v) is 12.6. The molecule has 0 bridgehead atoms. The fourth-order valence-electron chi connectivity index (χ4n) is 2.93. The number of rotatable bonds is 6. The molecule has 1 aromatic carbocycles. The minimum atomic E-state index is 0.192. The molecule has 0 unspecified atom stereocenters. The molecular formula is C17H25NO2. The lowest BCUT2D eigenvalue weighted by atomic mass is 9.92. The van der Waals surface area contributed by atoms with Crippen molar-refractivity contribution in [3.63, 3.8) is 0 Å². The van der Waals surface area contributed by atoms with Crippen LogP contribution in [-0.4, -0.2) is 37.4 Å². The number of carbonyl (C=O) groups is 1. The Hall–Kier alpha value is -1.35. The quantitative estimate of drug-likeness (QED) is 0.745. The highest BCUT2D eigenvalue weighted by atomic mass is 16.5. The van der Waals surface area contributed by atoms with Gasteiger partial charge in [0.25, 0.3) is 0 Å². The fourth-order valence-corrected chi connectivity index (χ4v) is 2.93. The number of nitrogens with zero attached hydrogens (tertiary/aromatic N) is 1. The van der Waals surface area contributed by atoms with Crippen molar-refractivity contribution in [2.24, 2.45) is 5.92 Å². The van der Waals surface area contributed by atoms with Crippen molar-refractivity contribution in [1.29, 1.82) is 0 Å². The highest BCUT2D eigenvalue weighted by Crippen LogP contribution is 2.22. The van der Waals surface area contributed by atoms with Crippen molar-refractivity contribution in [3.8, 4) is 5.75 Å². The summed E-state index contributed by atoms with van der Waals surface area (Å²) in [6, 6.07) is 7.44. The number of ether oxygens (including phenoxy) is 1. The van der Waals surface area contributed by atoms with Crippen LogP contribution in [0.4, 0.5) is 0 Å². The first kappa shape index (κ1) is 15.0. The largest absolute Gasteiger partial charge is 0.497 e. The molecule has 0 amide bonds. The molecule has 1 aliphatic rings. The zero-order valence-electron chi connectivity index (χ0n) is 12.6. The second-order valence-corrected chi connectivity index (χ2v) is 5.66. The highest BCUT2D eigenvalue weighted by Gasteiger charge is 2.20. The third-order valence-corrected chi connectivity index (χ3v) is 4.16. The Balaban J connectivity index is 1.86. The molecule has 0 atom stereocenters. The summed E-state index contributed by atoms with van der Waals surface area (Å²) < 4.78 is 5.17. The van der Waals surface area contributed by atoms with E-state index in [-0.39, 0.29) is 5.78 Å². The monoisotopic (exact) mass is 275 g/mol. The van der Waals surface area contributed by atoms with Crippen molar-refractivity contribution in [2.45, 2.75) is 32.6 Å². The smallest absolute Gasteiger partial charge is 0.176 e. The van der Waals surface area contributed by atoms with E-state index in [2.05, 4.69) is 11.8 Å². The van der Waals surface area contributed by atoms with Crippen LogP contribution in [0.15, 0.2) is 24.3 Å². The number of carbonyl (C=O) groups excluding carboxylic acids is 1. The minimum absolute atomic E-state index is 0.192. The second-order valence-electron chi connectivity index (χ2n) is 5.66. The summed E-state index contributed by atoms with van der Waals surface area (Å²) in [5, 5.41) is 0. The van der Waals surface area contributed by atoms with Gasteiger partial charge in [0.1, 0.15) is 5.75 Å². The number of hydrogen-bond acceptors (Lipinski definition) is 3. The number of Topliss-reactive ketones (excluding diaryl/α,β-unsaturated/α-hetero) is 1. The molecule has 1 fully saturated rings. The topological polar surface area (TPSA) is 29.5 Å². The van der Waals surface area contributed by atoms with Gasteiger partial charge in [0.2, 0.25) is 0 Å². The van der Waals surface area contributed by atoms with Crippen LogP contribution in [0.3, 0.4) is 0 Å². The predicted molar refractivity (Wildman–Crippen MR) is 81.4 cm³/mol. The summed E-state index contributed by atoms with van der Waals surface area (Å²) in [6.07, 6.45) is 5.07. The normalized spacial score (nSPS) is 17.1. The summed E-state index contributed by atoms with van der Waals surface area (Å²) in [6.45, 7) is 4.89. The van der Waals surface area contributed by atoms with Gasteiger partial charge in [-0.15, -0.1) is 0 Å². The van der Waals surface area contributed by atoms with Crippen molar-refractivity contribution in [1.82, 2.24) is 4.90 Å². The number of methoxy groups -OCH3 is 1. The molecular weight excluding hydrogens is 250 g/mol. The molecule has 3 nitrogen and oxygen atoms in total. The van der Waals surface area contributed by atoms with E-state index in [1.165, 1.54) is 25.7 Å². The average molecular weight is 275 g/mol. The van der Waals surface area contributed by atoms with E-state index in [9.17, 15) is 4.79 Å². The zero-order chi connectivity index (χ0) is 14.4. The van der Waals surface area contributed by atoms with Gasteiger partial charge in [0, 0.05) is 5.56 Å². The van der Waals surface area contributed by atoms with Gasteiger partial charge in [-0.05, 0) is 44.0 Å². The molecule has 1 aliphatic heterocycles. The Labute approximate surface area is 121 Å². The maximum atomic E-state index is 12.3. The Morgan fingerprint density at radius 3 is 2.75 bits per heavy atom. The molecule has 0 aliphatic carbocycles. The molecule has 2 rings (SSSR count). The van der Waals surface area contributed by atoms with Gasteiger partial charge in [-0.2, -0.15) is 0 Å². The molecule has 20 heavy (non-hydrogen) atoms. The first-order valence-electron chi connectivity index (χ1n) is 7.62. The molecule has 0 saturated carbocycles. The van der Waals surface area contributed by atoms with Gasteiger partial charge >= 0.3 is 0 Å². The van der Waals surface area contributed by atoms with Crippen molar-refractivity contribution < 1.29 is 9.53 Å². The van der Waals surface area contributed by atoms with E-state index in [4.69, 9.17) is 4.74 Å². The first-order valence-corrected chi connectivity index (χ1v) is 7.62. The van der Waals surface area contributed by atoms with Crippen LogP contribution in [0.5, 0.6) is 5.75 Å². The van der Waals surface area contributed by atoms with Crippen LogP contribution in [0.2, 0.25) is 0 Å². The lowest BCUT2D eigenvalue weighted by Crippen LogP contribution is -2.37. The van der Waals surface area contributed by atoms with Crippen molar-refractivity contribution in [3.05, 3.63) is 29.8 Å². The van der Waals surface area contributed by atoms with Crippen molar-refractivity contribution >= 4 is 5.78 Å². The molecule has 1 aromatic rings. The van der Waals surface area contributed by atoms with E-state index >= 15 is 0 Å². The summed E-state index contributed by atoms with van der Waals surface area (Å²) in [5.74, 6) is 1.80. The van der Waals surface area contributed by atoms with Crippen LogP contribution in [0.1, 0.15) is 43.0 Å². The molecule has 0 radical (unpaired) electrons. The van der Waals surface area contributed by atoms with Gasteiger partial charge < -0.3 is 4.74 Å². The number of ketones is 1. The lowest BCUT2D eigenvalue weighted by Gasteiger charge is -2.31. The predicted octanol–water partition coefficient (Wildman–Crippen LogP) is 3.39. The fraction of sp³-hybridized carbons (Fsp3) is 0.588. The Kier molecular flexibility index (Phi) is 5.60. The summed E-state index contributed by atoms with van der Waals surface area (Å²) in [5.41, 5.74) is 0.750. The first-order chi connectivity index (χ1) is 9.72. The van der Waals surface area contributed by atoms with Gasteiger partial charge in [-0.3, -0.25) is 9.69 Å². The molecule has 0 spiro atoms. The standard InChI is InChI=1S/C17H25NO2/c1-3-5-14-8-10-18(11-9-14)13-17(19)15-6-4-7-16(12-15)20-2/h4,6-7,12,14H,3,5,8-11,13H2,1-2H3. The number of benzene rings is 1. The number of likely N-dealkylation sites (tertiary alicyclic amines) is 1. The molecule has 1 heterocycles. The maximum Gasteiger partial charge on any atom is 0.176 e. The average Bonchev–Trinajstić information content (AvgIpc) is 2.49. The van der Waals surface area contributed by atoms with Crippen LogP contribution in [-0.2, 0) is 0 Å². The van der Waals surface area contributed by atoms with Crippen LogP contribution in [0, 0.1) is 5.92 Å². The summed E-state index contributed by atoms with van der Waals surface area (Å²) in [7, 11) is 1.63. The lowest BCUT2D eigenvalue weighted by molar-refractivity contribution is 0.0892. The highest BCUT2D eigenvalue weighted by molar-refractivity contribution is 5.97. The summed E-state index contributed by atoms with van der Waals surface area (Å²) >= 11 is 0. The minimum Gasteiger partial charge on any atom is -0.497 e. The number of piperidine rings is 1. The van der Waals surface area contributed by atoms with E-state index in [0.29, 0.717) is 6.54 Å². The maximum absolute atomic E-state index is 12.3. The van der Waals surface area contributed by atoms with E-state index in [0.717, 1.165) is 30.3 Å². The van der Waals surface area contributed by atoms with E-state index in [1.54, 1.807) is 7.11 Å². The molecule has 110 valence electrons. The Bertz CT molecular complexity index is 436. The Morgan fingerprint density at radius 1 is 1.35 bits per heavy atom. The SMILES string of the molecule is CCCC1CCN(CC(=O)c2cccc(OC)c2)CC1. The van der Waals surface area contributed by atoms with Gasteiger partial charge in [-0.25, -0.2) is 0 Å². The van der Waals surface area contributed by atoms with E-state index < -0.39 is 0 Å². The second kappa shape index (κ2) is 7.44. The molecule has 3 heteroatoms. The van der Waals surface area contributed by atoms with Gasteiger partial charge in [0.15, 0.2) is 5.78 Å². The number of hydrogen-bond donors (Lipinski definition) is 0. The van der Waals surface area contributed by atoms with Crippen molar-refractivity contribution in [2.75, 3.05) is 26.7 Å². The van der Waals surface area contributed by atoms with Crippen LogP contribution < -0.4 is 4.74 Å². The third kappa shape index (κ3) is 4.07. The molecule has 1 saturated heterocycles. The molecule has 0 aromatic heterocycles. The van der Waals surface area contributed by atoms with Gasteiger partial charge in [0.05, 0.1) is 13.7 Å². The van der Waals surface area contributed by atoms with E-state index in [1.807, 2.05) is 24.3 Å². The van der Waals surface area contributed by atoms with Crippen LogP contribution >= 0.6 is 0 Å². The van der Waals surface area contributed by atoms with Gasteiger partial charge in [-0.1, -0.05) is 31.9 Å². The summed E-state index contributed by atoms with van der Waals surface area (Å²) in [4.78, 5) is 14.6. The third-order valence-electron chi connectivity index (χ3n) is 4.16.